The van der Waals surface area contributed by atoms with E-state index in [4.69, 9.17) is 4.74 Å². The number of ether oxygens (including phenoxy) is 1. The number of hydrogen-bond acceptors (Lipinski definition) is 5. The molecule has 0 saturated heterocycles. The van der Waals surface area contributed by atoms with Crippen molar-refractivity contribution in [2.24, 2.45) is 0 Å². The number of hydrogen-bond donors (Lipinski definition) is 1. The number of benzene rings is 1. The van der Waals surface area contributed by atoms with Gasteiger partial charge in [-0.05, 0) is 49.8 Å². The molecule has 29 heavy (non-hydrogen) atoms. The molecule has 0 saturated carbocycles. The third-order valence-electron chi connectivity index (χ3n) is 4.89. The lowest BCUT2D eigenvalue weighted by atomic mass is 10.1. The van der Waals surface area contributed by atoms with Gasteiger partial charge in [0.1, 0.15) is 5.70 Å². The molecular formula is C23H28N2O3S. The highest BCUT2D eigenvalue weighted by Crippen LogP contribution is 2.33. The maximum atomic E-state index is 13.1. The summed E-state index contributed by atoms with van der Waals surface area (Å²) in [7, 11) is 0. The Hall–Kier alpha value is -2.44. The van der Waals surface area contributed by atoms with Crippen LogP contribution in [0.4, 0.5) is 5.69 Å². The van der Waals surface area contributed by atoms with Crippen LogP contribution in [-0.4, -0.2) is 36.5 Å². The number of carbonyl (C=O) groups excluding carboxylic acids is 2. The standard InChI is InChI=1S/C23H28N2O3S/c1-4-5-12-28-13-7-11-25-22(26)20(19-8-6-14-29-19)21(23(25)27)24-18-10-9-16(2)15-17(18)3/h6,8-10,14-15,24H,4-5,7,11-13H2,1-3H3. The van der Waals surface area contributed by atoms with E-state index in [9.17, 15) is 9.59 Å². The molecule has 2 amide bonds. The molecule has 5 nitrogen and oxygen atoms in total. The second-order valence-corrected chi connectivity index (χ2v) is 8.20. The molecular weight excluding hydrogens is 384 g/mol. The fourth-order valence-corrected chi connectivity index (χ4v) is 4.07. The van der Waals surface area contributed by atoms with Gasteiger partial charge in [0.15, 0.2) is 0 Å². The zero-order valence-electron chi connectivity index (χ0n) is 17.3. The largest absolute Gasteiger partial charge is 0.381 e. The molecule has 0 bridgehead atoms. The summed E-state index contributed by atoms with van der Waals surface area (Å²) in [5, 5.41) is 5.16. The van der Waals surface area contributed by atoms with Crippen molar-refractivity contribution in [3.05, 3.63) is 57.4 Å². The first-order valence-corrected chi connectivity index (χ1v) is 11.0. The van der Waals surface area contributed by atoms with E-state index in [2.05, 4.69) is 18.3 Å². The van der Waals surface area contributed by atoms with Gasteiger partial charge in [-0.25, -0.2) is 0 Å². The molecule has 0 atom stereocenters. The molecule has 0 aliphatic carbocycles. The molecule has 0 unspecified atom stereocenters. The van der Waals surface area contributed by atoms with Crippen molar-refractivity contribution in [3.63, 3.8) is 0 Å². The summed E-state index contributed by atoms with van der Waals surface area (Å²) in [5.74, 6) is -0.509. The van der Waals surface area contributed by atoms with Crippen LogP contribution in [0.3, 0.4) is 0 Å². The second-order valence-electron chi connectivity index (χ2n) is 7.25. The van der Waals surface area contributed by atoms with Gasteiger partial charge in [-0.3, -0.25) is 14.5 Å². The first-order chi connectivity index (χ1) is 14.0. The van der Waals surface area contributed by atoms with E-state index in [0.29, 0.717) is 30.8 Å². The normalized spacial score (nSPS) is 14.2. The number of anilines is 1. The second kappa shape index (κ2) is 9.85. The maximum Gasteiger partial charge on any atom is 0.278 e. The zero-order chi connectivity index (χ0) is 20.8. The lowest BCUT2D eigenvalue weighted by molar-refractivity contribution is -0.137. The van der Waals surface area contributed by atoms with Crippen LogP contribution in [0.1, 0.15) is 42.2 Å². The number of rotatable bonds is 10. The Kier molecular flexibility index (Phi) is 7.23. The zero-order valence-corrected chi connectivity index (χ0v) is 18.1. The van der Waals surface area contributed by atoms with Gasteiger partial charge in [0, 0.05) is 30.3 Å². The Morgan fingerprint density at radius 1 is 1.07 bits per heavy atom. The monoisotopic (exact) mass is 412 g/mol. The van der Waals surface area contributed by atoms with Crippen molar-refractivity contribution in [3.8, 4) is 0 Å². The van der Waals surface area contributed by atoms with Crippen LogP contribution in [0.5, 0.6) is 0 Å². The summed E-state index contributed by atoms with van der Waals surface area (Å²) >= 11 is 1.46. The molecule has 2 heterocycles. The average Bonchev–Trinajstić information content (AvgIpc) is 3.29. The predicted octanol–water partition coefficient (Wildman–Crippen LogP) is 4.76. The fourth-order valence-electron chi connectivity index (χ4n) is 3.31. The van der Waals surface area contributed by atoms with Crippen LogP contribution in [0, 0.1) is 13.8 Å². The molecule has 154 valence electrons. The molecule has 1 aromatic heterocycles. The lowest BCUT2D eigenvalue weighted by Gasteiger charge is -2.15. The number of nitrogens with zero attached hydrogens (tertiary/aromatic N) is 1. The van der Waals surface area contributed by atoms with Gasteiger partial charge >= 0.3 is 0 Å². The van der Waals surface area contributed by atoms with Crippen LogP contribution in [0.2, 0.25) is 0 Å². The Labute approximate surface area is 176 Å². The van der Waals surface area contributed by atoms with E-state index in [0.717, 1.165) is 41.1 Å². The maximum absolute atomic E-state index is 13.1. The summed E-state index contributed by atoms with van der Waals surface area (Å²) in [6.07, 6.45) is 2.75. The number of unbranched alkanes of at least 4 members (excludes halogenated alkanes) is 1. The SMILES string of the molecule is CCCCOCCCN1C(=O)C(Nc2ccc(C)cc2C)=C(c2cccs2)C1=O. The highest BCUT2D eigenvalue weighted by atomic mass is 32.1. The van der Waals surface area contributed by atoms with Crippen LogP contribution in [0.25, 0.3) is 5.57 Å². The van der Waals surface area contributed by atoms with Gasteiger partial charge in [-0.1, -0.05) is 37.1 Å². The first-order valence-electron chi connectivity index (χ1n) is 10.1. The number of aryl methyl sites for hydroxylation is 2. The third-order valence-corrected chi connectivity index (χ3v) is 5.78. The minimum Gasteiger partial charge on any atom is -0.381 e. The van der Waals surface area contributed by atoms with Crippen LogP contribution >= 0.6 is 11.3 Å². The Morgan fingerprint density at radius 3 is 2.55 bits per heavy atom. The summed E-state index contributed by atoms with van der Waals surface area (Å²) in [4.78, 5) is 28.4. The molecule has 1 aromatic carbocycles. The van der Waals surface area contributed by atoms with Crippen molar-refractivity contribution in [2.45, 2.75) is 40.0 Å². The molecule has 3 rings (SSSR count). The molecule has 1 N–H and O–H groups in total. The van der Waals surface area contributed by atoms with E-state index in [1.54, 1.807) is 0 Å². The first kappa shape index (κ1) is 21.3. The topological polar surface area (TPSA) is 58.6 Å². The average molecular weight is 413 g/mol. The Morgan fingerprint density at radius 2 is 1.86 bits per heavy atom. The quantitative estimate of drug-likeness (QED) is 0.451. The Bertz CT molecular complexity index is 903. The number of nitrogens with one attached hydrogen (secondary N) is 1. The molecule has 0 radical (unpaired) electrons. The van der Waals surface area contributed by atoms with Crippen LogP contribution in [-0.2, 0) is 14.3 Å². The highest BCUT2D eigenvalue weighted by Gasteiger charge is 2.39. The predicted molar refractivity (Wildman–Crippen MR) is 118 cm³/mol. The number of thiophene rings is 1. The van der Waals surface area contributed by atoms with E-state index in [1.807, 2.05) is 43.5 Å². The molecule has 6 heteroatoms. The lowest BCUT2D eigenvalue weighted by Crippen LogP contribution is -2.34. The van der Waals surface area contributed by atoms with Gasteiger partial charge in [0.05, 0.1) is 5.57 Å². The highest BCUT2D eigenvalue weighted by molar-refractivity contribution is 7.11. The fraction of sp³-hybridized carbons (Fsp3) is 0.391. The van der Waals surface area contributed by atoms with Gasteiger partial charge in [-0.15, -0.1) is 11.3 Å². The number of imide groups is 1. The van der Waals surface area contributed by atoms with Gasteiger partial charge in [0.2, 0.25) is 0 Å². The van der Waals surface area contributed by atoms with Crippen molar-refractivity contribution in [2.75, 3.05) is 25.1 Å². The summed E-state index contributed by atoms with van der Waals surface area (Å²) in [6, 6.07) is 9.77. The number of carbonyl (C=O) groups is 2. The van der Waals surface area contributed by atoms with E-state index < -0.39 is 0 Å². The minimum absolute atomic E-state index is 0.238. The van der Waals surface area contributed by atoms with E-state index >= 15 is 0 Å². The van der Waals surface area contributed by atoms with Crippen molar-refractivity contribution in [1.82, 2.24) is 4.90 Å². The van der Waals surface area contributed by atoms with Gasteiger partial charge in [0.25, 0.3) is 11.8 Å². The molecule has 0 spiro atoms. The molecule has 0 fully saturated rings. The Balaban J connectivity index is 1.79. The number of amides is 2. The molecule has 1 aliphatic heterocycles. The minimum atomic E-state index is -0.271. The summed E-state index contributed by atoms with van der Waals surface area (Å²) in [5.41, 5.74) is 3.84. The van der Waals surface area contributed by atoms with Crippen LogP contribution < -0.4 is 5.32 Å². The van der Waals surface area contributed by atoms with Crippen molar-refractivity contribution < 1.29 is 14.3 Å². The third kappa shape index (κ3) is 4.95. The van der Waals surface area contributed by atoms with E-state index in [-0.39, 0.29) is 11.8 Å². The van der Waals surface area contributed by atoms with Crippen molar-refractivity contribution in [1.29, 1.82) is 0 Å². The molecule has 2 aromatic rings. The van der Waals surface area contributed by atoms with Gasteiger partial charge in [-0.2, -0.15) is 0 Å². The smallest absolute Gasteiger partial charge is 0.278 e. The summed E-state index contributed by atoms with van der Waals surface area (Å²) < 4.78 is 5.58. The summed E-state index contributed by atoms with van der Waals surface area (Å²) in [6.45, 7) is 7.76. The van der Waals surface area contributed by atoms with Crippen LogP contribution in [0.15, 0.2) is 41.4 Å². The van der Waals surface area contributed by atoms with Crippen molar-refractivity contribution >= 4 is 34.4 Å². The van der Waals surface area contributed by atoms with Gasteiger partial charge < -0.3 is 10.1 Å². The van der Waals surface area contributed by atoms with E-state index in [1.165, 1.54) is 16.2 Å². The molecule has 1 aliphatic rings.